The van der Waals surface area contributed by atoms with Crippen LogP contribution in [-0.4, -0.2) is 44.5 Å². The van der Waals surface area contributed by atoms with Crippen molar-refractivity contribution in [1.29, 1.82) is 0 Å². The summed E-state index contributed by atoms with van der Waals surface area (Å²) in [6.45, 7) is 1.31. The van der Waals surface area contributed by atoms with Gasteiger partial charge in [-0.15, -0.1) is 0 Å². The van der Waals surface area contributed by atoms with Crippen LogP contribution in [-0.2, 0) is 4.79 Å². The zero-order valence-electron chi connectivity index (χ0n) is 16.9. The molecule has 164 valence electrons. The third kappa shape index (κ3) is 5.18. The first-order valence-electron chi connectivity index (χ1n) is 9.59. The number of methoxy groups -OCH3 is 1. The predicted octanol–water partition coefficient (Wildman–Crippen LogP) is 2.16. The molecule has 1 aliphatic heterocycles. The van der Waals surface area contributed by atoms with E-state index in [1.165, 1.54) is 19.2 Å². The van der Waals surface area contributed by atoms with Gasteiger partial charge in [0.25, 0.3) is 11.8 Å². The molecule has 0 unspecified atom stereocenters. The maximum Gasteiger partial charge on any atom is 0.255 e. The second-order valence-corrected chi connectivity index (χ2v) is 7.40. The van der Waals surface area contributed by atoms with Gasteiger partial charge in [0.1, 0.15) is 0 Å². The highest BCUT2D eigenvalue weighted by Crippen LogP contribution is 2.37. The monoisotopic (exact) mass is 446 g/mol. The minimum atomic E-state index is -0.677. The summed E-state index contributed by atoms with van der Waals surface area (Å²) in [5.74, 6) is -1.46. The Balaban J connectivity index is 1.91. The van der Waals surface area contributed by atoms with Gasteiger partial charge in [0, 0.05) is 24.2 Å². The van der Waals surface area contributed by atoms with Crippen LogP contribution in [0.25, 0.3) is 0 Å². The number of nitrogens with one attached hydrogen (secondary N) is 1. The lowest BCUT2D eigenvalue weighted by molar-refractivity contribution is -0.119. The van der Waals surface area contributed by atoms with E-state index < -0.39 is 17.7 Å². The number of hydrogen-bond acceptors (Lipinski definition) is 6. The molecule has 1 fully saturated rings. The molecule has 0 aliphatic carbocycles. The fraction of sp³-hybridized carbons (Fsp3) is 0.286. The van der Waals surface area contributed by atoms with Gasteiger partial charge in [0.2, 0.25) is 5.91 Å². The van der Waals surface area contributed by atoms with Crippen LogP contribution in [0, 0.1) is 0 Å². The molecule has 0 radical (unpaired) electrons. The molecule has 0 spiro atoms. The molecule has 0 aromatic heterocycles. The fourth-order valence-electron chi connectivity index (χ4n) is 3.35. The SMILES string of the molecule is COc1cc(C(=O)Nc2cc(C(N)=O)ccc2N2CCCC2)cc(Cl)c1OCC(N)=O. The van der Waals surface area contributed by atoms with E-state index in [1.807, 2.05) is 0 Å². The molecular formula is C21H23ClN4O5. The van der Waals surface area contributed by atoms with Crippen molar-refractivity contribution in [3.63, 3.8) is 0 Å². The van der Waals surface area contributed by atoms with Gasteiger partial charge in [-0.1, -0.05) is 11.6 Å². The third-order valence-corrected chi connectivity index (χ3v) is 5.11. The molecule has 0 bridgehead atoms. The Hall–Kier alpha value is -3.46. The number of halogens is 1. The van der Waals surface area contributed by atoms with Crippen LogP contribution in [0.2, 0.25) is 5.02 Å². The fourth-order valence-corrected chi connectivity index (χ4v) is 3.62. The molecule has 31 heavy (non-hydrogen) atoms. The van der Waals surface area contributed by atoms with Crippen molar-refractivity contribution in [2.45, 2.75) is 12.8 Å². The van der Waals surface area contributed by atoms with Gasteiger partial charge in [-0.05, 0) is 43.2 Å². The van der Waals surface area contributed by atoms with Crippen LogP contribution in [0.15, 0.2) is 30.3 Å². The quantitative estimate of drug-likeness (QED) is 0.568. The molecule has 10 heteroatoms. The van der Waals surface area contributed by atoms with Crippen molar-refractivity contribution in [1.82, 2.24) is 0 Å². The Morgan fingerprint density at radius 1 is 1.10 bits per heavy atom. The van der Waals surface area contributed by atoms with Crippen LogP contribution < -0.4 is 31.2 Å². The number of anilines is 2. The van der Waals surface area contributed by atoms with Crippen LogP contribution in [0.5, 0.6) is 11.5 Å². The summed E-state index contributed by atoms with van der Waals surface area (Å²) < 4.78 is 10.5. The highest BCUT2D eigenvalue weighted by Gasteiger charge is 2.21. The minimum absolute atomic E-state index is 0.0800. The Bertz CT molecular complexity index is 1020. The minimum Gasteiger partial charge on any atom is -0.493 e. The van der Waals surface area contributed by atoms with Gasteiger partial charge in [-0.25, -0.2) is 0 Å². The number of amides is 3. The van der Waals surface area contributed by atoms with Crippen LogP contribution in [0.4, 0.5) is 11.4 Å². The highest BCUT2D eigenvalue weighted by atomic mass is 35.5. The first-order valence-corrected chi connectivity index (χ1v) is 9.96. The first-order chi connectivity index (χ1) is 14.8. The number of benzene rings is 2. The van der Waals surface area contributed by atoms with Gasteiger partial charge in [0.05, 0.1) is 23.5 Å². The second-order valence-electron chi connectivity index (χ2n) is 6.99. The van der Waals surface area contributed by atoms with Gasteiger partial charge in [-0.3, -0.25) is 14.4 Å². The van der Waals surface area contributed by atoms with Crippen molar-refractivity contribution in [3.05, 3.63) is 46.5 Å². The Labute approximate surface area is 184 Å². The van der Waals surface area contributed by atoms with Crippen molar-refractivity contribution in [2.75, 3.05) is 37.0 Å². The molecule has 0 atom stereocenters. The topological polar surface area (TPSA) is 137 Å². The van der Waals surface area contributed by atoms with E-state index in [2.05, 4.69) is 10.2 Å². The predicted molar refractivity (Wildman–Crippen MR) is 117 cm³/mol. The molecule has 3 rings (SSSR count). The van der Waals surface area contributed by atoms with Crippen LogP contribution in [0.1, 0.15) is 33.6 Å². The van der Waals surface area contributed by atoms with Crippen molar-refractivity contribution < 1.29 is 23.9 Å². The van der Waals surface area contributed by atoms with E-state index in [1.54, 1.807) is 18.2 Å². The molecule has 5 N–H and O–H groups in total. The molecule has 9 nitrogen and oxygen atoms in total. The molecule has 2 aromatic carbocycles. The van der Waals surface area contributed by atoms with Gasteiger partial charge in [-0.2, -0.15) is 0 Å². The molecule has 2 aromatic rings. The number of hydrogen-bond donors (Lipinski definition) is 3. The maximum absolute atomic E-state index is 13.0. The van der Waals surface area contributed by atoms with Crippen molar-refractivity contribution in [2.24, 2.45) is 11.5 Å². The first kappa shape index (κ1) is 22.2. The average molecular weight is 447 g/mol. The van der Waals surface area contributed by atoms with Crippen LogP contribution in [0.3, 0.4) is 0 Å². The van der Waals surface area contributed by atoms with Crippen molar-refractivity contribution in [3.8, 4) is 11.5 Å². The Morgan fingerprint density at radius 2 is 1.81 bits per heavy atom. The molecule has 1 aliphatic rings. The maximum atomic E-state index is 13.0. The highest BCUT2D eigenvalue weighted by molar-refractivity contribution is 6.33. The van der Waals surface area contributed by atoms with E-state index >= 15 is 0 Å². The number of carbonyl (C=O) groups excluding carboxylic acids is 3. The van der Waals surface area contributed by atoms with Crippen LogP contribution >= 0.6 is 11.6 Å². The summed E-state index contributed by atoms with van der Waals surface area (Å²) in [4.78, 5) is 37.7. The van der Waals surface area contributed by atoms with Crippen molar-refractivity contribution >= 4 is 40.7 Å². The largest absolute Gasteiger partial charge is 0.493 e. The van der Waals surface area contributed by atoms with E-state index in [4.69, 9.17) is 32.5 Å². The number of primary amides is 2. The molecule has 0 saturated carbocycles. The van der Waals surface area contributed by atoms with Gasteiger partial charge < -0.3 is 31.2 Å². The summed E-state index contributed by atoms with van der Waals surface area (Å²) >= 11 is 6.24. The normalized spacial score (nSPS) is 13.0. The summed E-state index contributed by atoms with van der Waals surface area (Å²) in [6, 6.07) is 7.79. The number of rotatable bonds is 8. The van der Waals surface area contributed by atoms with E-state index in [0.717, 1.165) is 31.6 Å². The molecular weight excluding hydrogens is 424 g/mol. The lowest BCUT2D eigenvalue weighted by atomic mass is 10.1. The average Bonchev–Trinajstić information content (AvgIpc) is 3.26. The van der Waals surface area contributed by atoms with E-state index in [9.17, 15) is 14.4 Å². The lowest BCUT2D eigenvalue weighted by Gasteiger charge is -2.22. The van der Waals surface area contributed by atoms with Gasteiger partial charge >= 0.3 is 0 Å². The number of nitrogens with zero attached hydrogens (tertiary/aromatic N) is 1. The Morgan fingerprint density at radius 3 is 2.42 bits per heavy atom. The summed E-state index contributed by atoms with van der Waals surface area (Å²) in [5.41, 5.74) is 12.2. The number of carbonyl (C=O) groups is 3. The molecule has 3 amide bonds. The standard InChI is InChI=1S/C21H23ClN4O5/c1-30-17-10-13(8-14(22)19(17)31-11-18(23)27)21(29)25-15-9-12(20(24)28)4-5-16(15)26-6-2-3-7-26/h4-5,8-10H,2-3,6-7,11H2,1H3,(H2,23,27)(H2,24,28)(H,25,29). The Kier molecular flexibility index (Phi) is 6.86. The number of nitrogens with two attached hydrogens (primary N) is 2. The zero-order valence-corrected chi connectivity index (χ0v) is 17.7. The smallest absolute Gasteiger partial charge is 0.255 e. The second kappa shape index (κ2) is 9.57. The summed E-state index contributed by atoms with van der Waals surface area (Å²) in [5, 5.41) is 2.91. The van der Waals surface area contributed by atoms with E-state index in [0.29, 0.717) is 5.69 Å². The summed E-state index contributed by atoms with van der Waals surface area (Å²) in [7, 11) is 1.38. The third-order valence-electron chi connectivity index (χ3n) is 4.83. The molecule has 1 saturated heterocycles. The lowest BCUT2D eigenvalue weighted by Crippen LogP contribution is -2.22. The zero-order chi connectivity index (χ0) is 22.5. The summed E-state index contributed by atoms with van der Waals surface area (Å²) in [6.07, 6.45) is 2.09. The van der Waals surface area contributed by atoms with Gasteiger partial charge in [0.15, 0.2) is 18.1 Å². The van der Waals surface area contributed by atoms with E-state index in [-0.39, 0.29) is 34.3 Å². The number of ether oxygens (including phenoxy) is 2. The molecule has 1 heterocycles.